The summed E-state index contributed by atoms with van der Waals surface area (Å²) in [5, 5.41) is 3.54. The molecule has 1 rings (SSSR count). The summed E-state index contributed by atoms with van der Waals surface area (Å²) in [7, 11) is 0. The standard InChI is InChI=1S/C11H16N2O4/c1-4-13(7-9(14)16-5-2)11(15)10-8(3)6-12-17-10/h6H,4-5,7H2,1-3H3. The van der Waals surface area contributed by atoms with E-state index in [-0.39, 0.29) is 18.2 Å². The number of aromatic nitrogens is 1. The summed E-state index contributed by atoms with van der Waals surface area (Å²) in [5.41, 5.74) is 0.650. The van der Waals surface area contributed by atoms with E-state index in [4.69, 9.17) is 9.26 Å². The molecule has 0 atom stereocenters. The Morgan fingerprint density at radius 1 is 1.47 bits per heavy atom. The summed E-state index contributed by atoms with van der Waals surface area (Å²) in [6.07, 6.45) is 1.46. The van der Waals surface area contributed by atoms with Gasteiger partial charge in [0, 0.05) is 12.1 Å². The Balaban J connectivity index is 2.71. The molecule has 0 saturated carbocycles. The van der Waals surface area contributed by atoms with Gasteiger partial charge in [-0.2, -0.15) is 0 Å². The van der Waals surface area contributed by atoms with Crippen molar-refractivity contribution >= 4 is 11.9 Å². The van der Waals surface area contributed by atoms with Crippen LogP contribution >= 0.6 is 0 Å². The maximum absolute atomic E-state index is 12.0. The number of carbonyl (C=O) groups excluding carboxylic acids is 2. The van der Waals surface area contributed by atoms with Gasteiger partial charge in [0.15, 0.2) is 0 Å². The molecule has 6 heteroatoms. The Hall–Kier alpha value is -1.85. The minimum absolute atomic E-state index is 0.0800. The van der Waals surface area contributed by atoms with Crippen LogP contribution in [0.2, 0.25) is 0 Å². The minimum atomic E-state index is -0.431. The average Bonchev–Trinajstić information content (AvgIpc) is 2.72. The van der Waals surface area contributed by atoms with Gasteiger partial charge in [-0.1, -0.05) is 5.16 Å². The first-order valence-electron chi connectivity index (χ1n) is 5.46. The van der Waals surface area contributed by atoms with Crippen LogP contribution in [0.1, 0.15) is 30.0 Å². The van der Waals surface area contributed by atoms with E-state index in [0.717, 1.165) is 0 Å². The first-order chi connectivity index (χ1) is 8.10. The highest BCUT2D eigenvalue weighted by atomic mass is 16.5. The number of aryl methyl sites for hydroxylation is 1. The fourth-order valence-electron chi connectivity index (χ4n) is 1.33. The van der Waals surface area contributed by atoms with Gasteiger partial charge in [0.05, 0.1) is 12.8 Å². The predicted octanol–water partition coefficient (Wildman–Crippen LogP) is 1.01. The van der Waals surface area contributed by atoms with Crippen LogP contribution in [0.4, 0.5) is 0 Å². The van der Waals surface area contributed by atoms with E-state index >= 15 is 0 Å². The summed E-state index contributed by atoms with van der Waals surface area (Å²) in [4.78, 5) is 24.6. The van der Waals surface area contributed by atoms with Gasteiger partial charge in [0.1, 0.15) is 6.54 Å². The maximum Gasteiger partial charge on any atom is 0.325 e. The number of likely N-dealkylation sites (N-methyl/N-ethyl adjacent to an activating group) is 1. The van der Waals surface area contributed by atoms with Crippen molar-refractivity contribution in [2.75, 3.05) is 19.7 Å². The monoisotopic (exact) mass is 240 g/mol. The highest BCUT2D eigenvalue weighted by Crippen LogP contribution is 2.09. The lowest BCUT2D eigenvalue weighted by Crippen LogP contribution is -2.36. The number of hydrogen-bond donors (Lipinski definition) is 0. The smallest absolute Gasteiger partial charge is 0.325 e. The molecule has 1 amide bonds. The van der Waals surface area contributed by atoms with Crippen molar-refractivity contribution in [3.05, 3.63) is 17.5 Å². The molecular weight excluding hydrogens is 224 g/mol. The number of ether oxygens (including phenoxy) is 1. The molecule has 1 heterocycles. The highest BCUT2D eigenvalue weighted by molar-refractivity contribution is 5.94. The summed E-state index contributed by atoms with van der Waals surface area (Å²) in [6, 6.07) is 0. The molecular formula is C11H16N2O4. The van der Waals surface area contributed by atoms with Crippen LogP contribution in [0.25, 0.3) is 0 Å². The summed E-state index contributed by atoms with van der Waals surface area (Å²) >= 11 is 0. The number of carbonyl (C=O) groups is 2. The van der Waals surface area contributed by atoms with Gasteiger partial charge >= 0.3 is 5.97 Å². The van der Waals surface area contributed by atoms with Crippen LogP contribution in [0.15, 0.2) is 10.7 Å². The normalized spacial score (nSPS) is 10.1. The molecule has 0 aliphatic carbocycles. The van der Waals surface area contributed by atoms with E-state index in [9.17, 15) is 9.59 Å². The van der Waals surface area contributed by atoms with Crippen molar-refractivity contribution in [1.29, 1.82) is 0 Å². The Bertz CT molecular complexity index is 400. The second-order valence-corrected chi connectivity index (χ2v) is 3.46. The highest BCUT2D eigenvalue weighted by Gasteiger charge is 2.22. The van der Waals surface area contributed by atoms with Crippen LogP contribution in [-0.4, -0.2) is 41.6 Å². The summed E-state index contributed by atoms with van der Waals surface area (Å²) < 4.78 is 9.65. The number of amides is 1. The molecule has 0 aromatic carbocycles. The lowest BCUT2D eigenvalue weighted by atomic mass is 10.2. The van der Waals surface area contributed by atoms with Crippen LogP contribution in [-0.2, 0) is 9.53 Å². The third-order valence-electron chi connectivity index (χ3n) is 2.24. The number of hydrogen-bond acceptors (Lipinski definition) is 5. The van der Waals surface area contributed by atoms with E-state index in [1.54, 1.807) is 20.8 Å². The fourth-order valence-corrected chi connectivity index (χ4v) is 1.33. The Morgan fingerprint density at radius 3 is 2.65 bits per heavy atom. The van der Waals surface area contributed by atoms with Crippen LogP contribution in [0, 0.1) is 6.92 Å². The average molecular weight is 240 g/mol. The lowest BCUT2D eigenvalue weighted by molar-refractivity contribution is -0.143. The lowest BCUT2D eigenvalue weighted by Gasteiger charge is -2.18. The van der Waals surface area contributed by atoms with Crippen LogP contribution in [0.3, 0.4) is 0 Å². The number of rotatable bonds is 5. The van der Waals surface area contributed by atoms with Gasteiger partial charge in [-0.25, -0.2) is 0 Å². The third-order valence-corrected chi connectivity index (χ3v) is 2.24. The van der Waals surface area contributed by atoms with Gasteiger partial charge in [0.2, 0.25) is 5.76 Å². The molecule has 17 heavy (non-hydrogen) atoms. The number of nitrogens with zero attached hydrogens (tertiary/aromatic N) is 2. The van der Waals surface area contributed by atoms with Crippen LogP contribution in [0.5, 0.6) is 0 Å². The van der Waals surface area contributed by atoms with Crippen molar-refractivity contribution in [3.8, 4) is 0 Å². The molecule has 0 N–H and O–H groups in total. The molecule has 0 aliphatic rings. The zero-order chi connectivity index (χ0) is 12.8. The van der Waals surface area contributed by atoms with E-state index in [1.807, 2.05) is 0 Å². The topological polar surface area (TPSA) is 72.6 Å². The first-order valence-corrected chi connectivity index (χ1v) is 5.46. The Kier molecular flexibility index (Phi) is 4.68. The molecule has 1 aromatic heterocycles. The van der Waals surface area contributed by atoms with Crippen LogP contribution < -0.4 is 0 Å². The van der Waals surface area contributed by atoms with E-state index in [0.29, 0.717) is 18.7 Å². The largest absolute Gasteiger partial charge is 0.465 e. The molecule has 0 bridgehead atoms. The molecule has 0 saturated heterocycles. The van der Waals surface area contributed by atoms with Crippen molar-refractivity contribution < 1.29 is 18.8 Å². The predicted molar refractivity (Wildman–Crippen MR) is 59.5 cm³/mol. The second kappa shape index (κ2) is 6.03. The molecule has 94 valence electrons. The quantitative estimate of drug-likeness (QED) is 0.718. The van der Waals surface area contributed by atoms with Crippen molar-refractivity contribution in [2.24, 2.45) is 0 Å². The fraction of sp³-hybridized carbons (Fsp3) is 0.545. The van der Waals surface area contributed by atoms with E-state index < -0.39 is 5.97 Å². The number of esters is 1. The molecule has 0 aliphatic heterocycles. The van der Waals surface area contributed by atoms with Crippen molar-refractivity contribution in [1.82, 2.24) is 10.1 Å². The molecule has 1 aromatic rings. The molecule has 6 nitrogen and oxygen atoms in total. The zero-order valence-corrected chi connectivity index (χ0v) is 10.2. The summed E-state index contributed by atoms with van der Waals surface area (Å²) in [5.74, 6) is -0.619. The van der Waals surface area contributed by atoms with Crippen molar-refractivity contribution in [2.45, 2.75) is 20.8 Å². The van der Waals surface area contributed by atoms with Gasteiger partial charge in [0.25, 0.3) is 5.91 Å². The SMILES string of the molecule is CCOC(=O)CN(CC)C(=O)c1oncc1C. The van der Waals surface area contributed by atoms with E-state index in [1.165, 1.54) is 11.1 Å². The first kappa shape index (κ1) is 13.2. The van der Waals surface area contributed by atoms with Crippen molar-refractivity contribution in [3.63, 3.8) is 0 Å². The second-order valence-electron chi connectivity index (χ2n) is 3.46. The van der Waals surface area contributed by atoms with Gasteiger partial charge in [-0.3, -0.25) is 9.59 Å². The molecule has 0 spiro atoms. The molecule has 0 unspecified atom stereocenters. The van der Waals surface area contributed by atoms with Gasteiger partial charge in [-0.15, -0.1) is 0 Å². The van der Waals surface area contributed by atoms with E-state index in [2.05, 4.69) is 5.16 Å². The zero-order valence-electron chi connectivity index (χ0n) is 10.2. The summed E-state index contributed by atoms with van der Waals surface area (Å²) in [6.45, 7) is 5.84. The van der Waals surface area contributed by atoms with Gasteiger partial charge in [-0.05, 0) is 20.8 Å². The molecule has 0 radical (unpaired) electrons. The third kappa shape index (κ3) is 3.30. The maximum atomic E-state index is 12.0. The Labute approximate surface area is 99.5 Å². The van der Waals surface area contributed by atoms with Gasteiger partial charge < -0.3 is 14.2 Å². The molecule has 0 fully saturated rings. The minimum Gasteiger partial charge on any atom is -0.465 e. The Morgan fingerprint density at radius 2 is 2.18 bits per heavy atom.